The Kier molecular flexibility index (Phi) is 3.13. The Morgan fingerprint density at radius 1 is 1.47 bits per heavy atom. The molecule has 0 unspecified atom stereocenters. The van der Waals surface area contributed by atoms with Crippen LogP contribution >= 0.6 is 11.3 Å². The van der Waals surface area contributed by atoms with Crippen LogP contribution in [-0.2, 0) is 20.1 Å². The molecular formula is C10H14N4S. The van der Waals surface area contributed by atoms with Crippen LogP contribution in [0.2, 0.25) is 0 Å². The maximum Gasteiger partial charge on any atom is 0.107 e. The lowest BCUT2D eigenvalue weighted by Crippen LogP contribution is -2.16. The van der Waals surface area contributed by atoms with Crippen molar-refractivity contribution in [1.82, 2.24) is 19.7 Å². The SMILES string of the molecule is CN(Cc1cnn(C)c1)Cc1nccs1. The fourth-order valence-electron chi connectivity index (χ4n) is 1.48. The molecule has 0 saturated carbocycles. The third kappa shape index (κ3) is 2.87. The van der Waals surface area contributed by atoms with E-state index in [0.717, 1.165) is 18.1 Å². The molecule has 2 aromatic rings. The van der Waals surface area contributed by atoms with E-state index in [9.17, 15) is 0 Å². The lowest BCUT2D eigenvalue weighted by Gasteiger charge is -2.13. The standard InChI is InChI=1S/C10H14N4S/c1-13(8-10-11-3-4-15-10)6-9-5-12-14(2)7-9/h3-5,7H,6,8H2,1-2H3. The molecule has 5 heteroatoms. The molecule has 0 fully saturated rings. The molecule has 0 saturated heterocycles. The number of aryl methyl sites for hydroxylation is 1. The monoisotopic (exact) mass is 222 g/mol. The first-order chi connectivity index (χ1) is 7.24. The normalized spacial score (nSPS) is 11.1. The van der Waals surface area contributed by atoms with Gasteiger partial charge in [0.05, 0.1) is 12.7 Å². The van der Waals surface area contributed by atoms with Gasteiger partial charge in [-0.25, -0.2) is 4.98 Å². The van der Waals surface area contributed by atoms with Crippen LogP contribution in [0.4, 0.5) is 0 Å². The third-order valence-electron chi connectivity index (χ3n) is 2.10. The minimum Gasteiger partial charge on any atom is -0.295 e. The Balaban J connectivity index is 1.90. The largest absolute Gasteiger partial charge is 0.295 e. The summed E-state index contributed by atoms with van der Waals surface area (Å²) >= 11 is 1.69. The number of aromatic nitrogens is 3. The van der Waals surface area contributed by atoms with Crippen LogP contribution in [-0.4, -0.2) is 26.7 Å². The fraction of sp³-hybridized carbons (Fsp3) is 0.400. The molecule has 0 aliphatic heterocycles. The van der Waals surface area contributed by atoms with Crippen LogP contribution in [0.15, 0.2) is 24.0 Å². The molecule has 0 aromatic carbocycles. The molecule has 0 radical (unpaired) electrons. The van der Waals surface area contributed by atoms with Crippen molar-refractivity contribution in [2.75, 3.05) is 7.05 Å². The molecule has 0 N–H and O–H groups in total. The minimum absolute atomic E-state index is 0.895. The molecular weight excluding hydrogens is 208 g/mol. The first-order valence-corrected chi connectivity index (χ1v) is 5.66. The molecule has 0 aliphatic rings. The van der Waals surface area contributed by atoms with Crippen LogP contribution in [0, 0.1) is 0 Å². The second-order valence-corrected chi connectivity index (χ2v) is 4.60. The van der Waals surface area contributed by atoms with Crippen LogP contribution < -0.4 is 0 Å². The Morgan fingerprint density at radius 2 is 2.33 bits per heavy atom. The number of hydrogen-bond donors (Lipinski definition) is 0. The molecule has 0 bridgehead atoms. The van der Waals surface area contributed by atoms with E-state index in [4.69, 9.17) is 0 Å². The van der Waals surface area contributed by atoms with Gasteiger partial charge >= 0.3 is 0 Å². The van der Waals surface area contributed by atoms with Crippen molar-refractivity contribution in [1.29, 1.82) is 0 Å². The summed E-state index contributed by atoms with van der Waals surface area (Å²) in [5.41, 5.74) is 1.23. The molecule has 0 aliphatic carbocycles. The van der Waals surface area contributed by atoms with Gasteiger partial charge in [-0.3, -0.25) is 9.58 Å². The molecule has 2 heterocycles. The van der Waals surface area contributed by atoms with Gasteiger partial charge in [-0.2, -0.15) is 5.10 Å². The van der Waals surface area contributed by atoms with Gasteiger partial charge in [-0.05, 0) is 7.05 Å². The molecule has 0 spiro atoms. The summed E-state index contributed by atoms with van der Waals surface area (Å²) in [4.78, 5) is 6.49. The lowest BCUT2D eigenvalue weighted by molar-refractivity contribution is 0.318. The molecule has 2 rings (SSSR count). The average Bonchev–Trinajstić information content (AvgIpc) is 2.77. The molecule has 2 aromatic heterocycles. The van der Waals surface area contributed by atoms with Gasteiger partial charge < -0.3 is 0 Å². The van der Waals surface area contributed by atoms with E-state index < -0.39 is 0 Å². The Morgan fingerprint density at radius 3 is 2.93 bits per heavy atom. The third-order valence-corrected chi connectivity index (χ3v) is 2.86. The van der Waals surface area contributed by atoms with Crippen LogP contribution in [0.1, 0.15) is 10.6 Å². The quantitative estimate of drug-likeness (QED) is 0.786. The van der Waals surface area contributed by atoms with Gasteiger partial charge in [0.2, 0.25) is 0 Å². The van der Waals surface area contributed by atoms with Crippen LogP contribution in [0.3, 0.4) is 0 Å². The summed E-state index contributed by atoms with van der Waals surface area (Å²) in [7, 11) is 4.03. The highest BCUT2D eigenvalue weighted by Gasteiger charge is 2.04. The summed E-state index contributed by atoms with van der Waals surface area (Å²) in [5, 5.41) is 7.30. The molecule has 80 valence electrons. The van der Waals surface area contributed by atoms with E-state index in [0.29, 0.717) is 0 Å². The Bertz CT molecular complexity index is 407. The van der Waals surface area contributed by atoms with E-state index >= 15 is 0 Å². The Labute approximate surface area is 93.2 Å². The van der Waals surface area contributed by atoms with Crippen molar-refractivity contribution in [2.24, 2.45) is 7.05 Å². The fourth-order valence-corrected chi connectivity index (χ4v) is 2.18. The summed E-state index contributed by atoms with van der Waals surface area (Å²) in [6, 6.07) is 0. The predicted molar refractivity (Wildman–Crippen MR) is 60.5 cm³/mol. The summed E-state index contributed by atoms with van der Waals surface area (Å²) in [5.74, 6) is 0. The zero-order valence-electron chi connectivity index (χ0n) is 8.92. The smallest absolute Gasteiger partial charge is 0.107 e. The second kappa shape index (κ2) is 4.55. The summed E-state index contributed by atoms with van der Waals surface area (Å²) in [6.45, 7) is 1.81. The molecule has 0 atom stereocenters. The number of rotatable bonds is 4. The lowest BCUT2D eigenvalue weighted by atomic mass is 10.3. The highest BCUT2D eigenvalue weighted by atomic mass is 32.1. The number of hydrogen-bond acceptors (Lipinski definition) is 4. The zero-order chi connectivity index (χ0) is 10.7. The van der Waals surface area contributed by atoms with Crippen molar-refractivity contribution in [3.63, 3.8) is 0 Å². The minimum atomic E-state index is 0.895. The van der Waals surface area contributed by atoms with E-state index in [2.05, 4.69) is 22.0 Å². The molecule has 15 heavy (non-hydrogen) atoms. The maximum atomic E-state index is 4.26. The van der Waals surface area contributed by atoms with Crippen molar-refractivity contribution >= 4 is 11.3 Å². The summed E-state index contributed by atoms with van der Waals surface area (Å²) in [6.07, 6.45) is 5.79. The maximum absolute atomic E-state index is 4.26. The van der Waals surface area contributed by atoms with E-state index in [1.807, 2.05) is 35.7 Å². The van der Waals surface area contributed by atoms with Crippen molar-refractivity contribution < 1.29 is 0 Å². The van der Waals surface area contributed by atoms with Gasteiger partial charge in [0.15, 0.2) is 0 Å². The van der Waals surface area contributed by atoms with Crippen LogP contribution in [0.25, 0.3) is 0 Å². The molecule has 4 nitrogen and oxygen atoms in total. The second-order valence-electron chi connectivity index (χ2n) is 3.62. The number of nitrogens with zero attached hydrogens (tertiary/aromatic N) is 4. The van der Waals surface area contributed by atoms with Crippen molar-refractivity contribution in [3.8, 4) is 0 Å². The van der Waals surface area contributed by atoms with E-state index in [1.165, 1.54) is 5.56 Å². The van der Waals surface area contributed by atoms with Gasteiger partial charge in [-0.15, -0.1) is 11.3 Å². The predicted octanol–water partition coefficient (Wildman–Crippen LogP) is 1.51. The van der Waals surface area contributed by atoms with Gasteiger partial charge in [-0.1, -0.05) is 0 Å². The number of thiazole rings is 1. The first kappa shape index (κ1) is 10.3. The highest BCUT2D eigenvalue weighted by Crippen LogP contribution is 2.09. The van der Waals surface area contributed by atoms with Crippen molar-refractivity contribution in [3.05, 3.63) is 34.5 Å². The zero-order valence-corrected chi connectivity index (χ0v) is 9.74. The van der Waals surface area contributed by atoms with Crippen LogP contribution in [0.5, 0.6) is 0 Å². The van der Waals surface area contributed by atoms with E-state index in [1.54, 1.807) is 11.3 Å². The highest BCUT2D eigenvalue weighted by molar-refractivity contribution is 7.09. The Hall–Kier alpha value is -1.20. The van der Waals surface area contributed by atoms with Crippen molar-refractivity contribution in [2.45, 2.75) is 13.1 Å². The summed E-state index contributed by atoms with van der Waals surface area (Å²) < 4.78 is 1.83. The van der Waals surface area contributed by atoms with E-state index in [-0.39, 0.29) is 0 Å². The topological polar surface area (TPSA) is 34.0 Å². The molecule has 0 amide bonds. The van der Waals surface area contributed by atoms with Gasteiger partial charge in [0, 0.05) is 36.9 Å². The van der Waals surface area contributed by atoms with Gasteiger partial charge in [0.25, 0.3) is 0 Å². The van der Waals surface area contributed by atoms with Gasteiger partial charge in [0.1, 0.15) is 5.01 Å². The average molecular weight is 222 g/mol. The first-order valence-electron chi connectivity index (χ1n) is 4.78.